The third-order valence-corrected chi connectivity index (χ3v) is 7.88. The highest BCUT2D eigenvalue weighted by Crippen LogP contribution is 2.49. The van der Waals surface area contributed by atoms with Gasteiger partial charge in [0.25, 0.3) is 0 Å². The molecule has 0 N–H and O–H groups in total. The van der Waals surface area contributed by atoms with Crippen molar-refractivity contribution in [3.63, 3.8) is 0 Å². The molecule has 0 amide bonds. The summed E-state index contributed by atoms with van der Waals surface area (Å²) >= 11 is 0. The summed E-state index contributed by atoms with van der Waals surface area (Å²) < 4.78 is 0. The van der Waals surface area contributed by atoms with Crippen molar-refractivity contribution in [1.29, 1.82) is 0 Å². The lowest BCUT2D eigenvalue weighted by atomic mass is 9.97. The summed E-state index contributed by atoms with van der Waals surface area (Å²) in [6.07, 6.45) is 0. The highest BCUT2D eigenvalue weighted by Gasteiger charge is 2.21. The van der Waals surface area contributed by atoms with Crippen LogP contribution in [0.2, 0.25) is 0 Å². The van der Waals surface area contributed by atoms with Crippen LogP contribution in [0.1, 0.15) is 0 Å². The van der Waals surface area contributed by atoms with Crippen molar-refractivity contribution in [3.05, 3.63) is 97.1 Å². The molecule has 0 unspecified atom stereocenters. The van der Waals surface area contributed by atoms with Crippen LogP contribution in [0.15, 0.2) is 97.1 Å². The maximum atomic E-state index is 2.36. The standard InChI is InChI=1S/C32H16/c1-3-17-7-11-21-23-15-16-24-22-12-8-18-4-2-6-20-10-14-26(30(22)28(18)20)32(24)31(23)25-13-9-19(5-1)27(17)29(21)25/h1-16H. The zero-order valence-electron chi connectivity index (χ0n) is 17.2. The van der Waals surface area contributed by atoms with Gasteiger partial charge in [-0.1, -0.05) is 97.1 Å². The van der Waals surface area contributed by atoms with E-state index in [-0.39, 0.29) is 0 Å². The molecule has 0 nitrogen and oxygen atoms in total. The summed E-state index contributed by atoms with van der Waals surface area (Å²) in [6, 6.07) is 36.6. The second-order valence-corrected chi connectivity index (χ2v) is 9.27. The summed E-state index contributed by atoms with van der Waals surface area (Å²) in [4.78, 5) is 0. The van der Waals surface area contributed by atoms with Crippen molar-refractivity contribution in [1.82, 2.24) is 0 Å². The lowest BCUT2D eigenvalue weighted by Crippen LogP contribution is -1.78. The highest BCUT2D eigenvalue weighted by atomic mass is 14.2. The Kier molecular flexibility index (Phi) is 2.44. The Hall–Kier alpha value is -4.16. The van der Waals surface area contributed by atoms with Crippen LogP contribution in [-0.2, 0) is 0 Å². The molecule has 0 aliphatic rings. The number of hydrogen-bond acceptors (Lipinski definition) is 0. The van der Waals surface area contributed by atoms with Crippen LogP contribution < -0.4 is 0 Å². The zero-order chi connectivity index (χ0) is 20.6. The van der Waals surface area contributed by atoms with E-state index in [1.807, 2.05) is 0 Å². The minimum atomic E-state index is 1.33. The summed E-state index contributed by atoms with van der Waals surface area (Å²) in [5.74, 6) is 0. The average Bonchev–Trinajstić information content (AvgIpc) is 3.36. The Morgan fingerprint density at radius 2 is 0.500 bits per heavy atom. The van der Waals surface area contributed by atoms with E-state index in [4.69, 9.17) is 0 Å². The van der Waals surface area contributed by atoms with Crippen LogP contribution in [0.5, 0.6) is 0 Å². The van der Waals surface area contributed by atoms with Gasteiger partial charge in [-0.3, -0.25) is 0 Å². The fraction of sp³-hybridized carbons (Fsp3) is 0. The summed E-state index contributed by atoms with van der Waals surface area (Å²) in [6.45, 7) is 0. The molecule has 0 fully saturated rings. The Bertz CT molecular complexity index is 1990. The molecule has 0 heteroatoms. The maximum absolute atomic E-state index is 2.36. The molecule has 9 aromatic carbocycles. The predicted molar refractivity (Wildman–Crippen MR) is 140 cm³/mol. The van der Waals surface area contributed by atoms with Crippen molar-refractivity contribution >= 4 is 86.2 Å². The van der Waals surface area contributed by atoms with Crippen molar-refractivity contribution < 1.29 is 0 Å². The summed E-state index contributed by atoms with van der Waals surface area (Å²) in [7, 11) is 0. The fourth-order valence-corrected chi connectivity index (χ4v) is 6.64. The Balaban J connectivity index is 1.66. The molecular weight excluding hydrogens is 384 g/mol. The van der Waals surface area contributed by atoms with Gasteiger partial charge in [-0.25, -0.2) is 0 Å². The molecule has 0 saturated carbocycles. The molecule has 0 heterocycles. The van der Waals surface area contributed by atoms with Gasteiger partial charge in [-0.05, 0) is 86.2 Å². The van der Waals surface area contributed by atoms with E-state index in [0.717, 1.165) is 0 Å². The molecule has 0 aliphatic heterocycles. The lowest BCUT2D eigenvalue weighted by molar-refractivity contribution is 1.83. The van der Waals surface area contributed by atoms with Gasteiger partial charge in [0.15, 0.2) is 0 Å². The highest BCUT2D eigenvalue weighted by molar-refractivity contribution is 6.46. The first-order valence-electron chi connectivity index (χ1n) is 11.3. The quantitative estimate of drug-likeness (QED) is 0.238. The van der Waals surface area contributed by atoms with E-state index in [0.29, 0.717) is 0 Å². The van der Waals surface area contributed by atoms with E-state index in [1.165, 1.54) is 86.2 Å². The SMILES string of the molecule is c1cc2ccc3c4ccc5c6ccc7cccc8ccc(c6c78)c5c4c4ccc(c1)c2c34. The molecule has 0 bridgehead atoms. The number of rotatable bonds is 0. The van der Waals surface area contributed by atoms with E-state index >= 15 is 0 Å². The third-order valence-electron chi connectivity index (χ3n) is 7.88. The molecule has 0 saturated heterocycles. The minimum absolute atomic E-state index is 1.33. The molecule has 9 rings (SSSR count). The first kappa shape index (κ1) is 15.6. The van der Waals surface area contributed by atoms with Crippen LogP contribution in [0, 0.1) is 0 Å². The molecule has 0 spiro atoms. The summed E-state index contributed by atoms with van der Waals surface area (Å²) in [5.41, 5.74) is 0. The van der Waals surface area contributed by atoms with Crippen molar-refractivity contribution in [3.8, 4) is 0 Å². The molecule has 0 aliphatic carbocycles. The van der Waals surface area contributed by atoms with Gasteiger partial charge in [-0.15, -0.1) is 0 Å². The Labute approximate surface area is 183 Å². The summed E-state index contributed by atoms with van der Waals surface area (Å²) in [5, 5.41) is 22.1. The Morgan fingerprint density at radius 1 is 0.219 bits per heavy atom. The number of hydrogen-bond donors (Lipinski definition) is 0. The van der Waals surface area contributed by atoms with Crippen LogP contribution in [0.25, 0.3) is 86.2 Å². The van der Waals surface area contributed by atoms with Gasteiger partial charge in [0.2, 0.25) is 0 Å². The van der Waals surface area contributed by atoms with Crippen LogP contribution in [0.3, 0.4) is 0 Å². The van der Waals surface area contributed by atoms with E-state index in [2.05, 4.69) is 97.1 Å². The molecule has 32 heavy (non-hydrogen) atoms. The number of fused-ring (bicyclic) bond motifs is 7. The monoisotopic (exact) mass is 400 g/mol. The van der Waals surface area contributed by atoms with Crippen molar-refractivity contribution in [2.45, 2.75) is 0 Å². The molecule has 0 aromatic heterocycles. The Morgan fingerprint density at radius 3 is 0.875 bits per heavy atom. The average molecular weight is 400 g/mol. The predicted octanol–water partition coefficient (Wildman–Crippen LogP) is 9.23. The van der Waals surface area contributed by atoms with Gasteiger partial charge < -0.3 is 0 Å². The van der Waals surface area contributed by atoms with Crippen molar-refractivity contribution in [2.75, 3.05) is 0 Å². The van der Waals surface area contributed by atoms with Crippen molar-refractivity contribution in [2.24, 2.45) is 0 Å². The topological polar surface area (TPSA) is 0 Å². The molecule has 9 aromatic rings. The third kappa shape index (κ3) is 1.57. The van der Waals surface area contributed by atoms with Crippen LogP contribution in [0.4, 0.5) is 0 Å². The van der Waals surface area contributed by atoms with E-state index in [9.17, 15) is 0 Å². The van der Waals surface area contributed by atoms with Crippen LogP contribution in [-0.4, -0.2) is 0 Å². The first-order chi connectivity index (χ1) is 15.9. The van der Waals surface area contributed by atoms with Gasteiger partial charge in [0.05, 0.1) is 0 Å². The first-order valence-corrected chi connectivity index (χ1v) is 11.3. The molecule has 144 valence electrons. The minimum Gasteiger partial charge on any atom is -0.0610 e. The fourth-order valence-electron chi connectivity index (χ4n) is 6.64. The van der Waals surface area contributed by atoms with E-state index in [1.54, 1.807) is 0 Å². The molecule has 0 atom stereocenters. The molecular formula is C32H16. The maximum Gasteiger partial charge on any atom is -0.00136 e. The molecule has 0 radical (unpaired) electrons. The van der Waals surface area contributed by atoms with Crippen LogP contribution >= 0.6 is 0 Å². The number of benzene rings is 7. The zero-order valence-corrected chi connectivity index (χ0v) is 17.2. The van der Waals surface area contributed by atoms with Gasteiger partial charge in [0.1, 0.15) is 0 Å². The largest absolute Gasteiger partial charge is 0.0610 e. The van der Waals surface area contributed by atoms with Gasteiger partial charge in [0, 0.05) is 0 Å². The normalized spacial score (nSPS) is 13.0. The lowest BCUT2D eigenvalue weighted by Gasteiger charge is -2.06. The van der Waals surface area contributed by atoms with E-state index < -0.39 is 0 Å². The smallest absolute Gasteiger partial charge is 0.00136 e. The second kappa shape index (κ2) is 5.00. The van der Waals surface area contributed by atoms with Gasteiger partial charge >= 0.3 is 0 Å². The van der Waals surface area contributed by atoms with Gasteiger partial charge in [-0.2, -0.15) is 0 Å². The second-order valence-electron chi connectivity index (χ2n) is 9.27.